The van der Waals surface area contributed by atoms with Crippen LogP contribution in [0.1, 0.15) is 5.56 Å². The first-order valence-corrected chi connectivity index (χ1v) is 8.46. The molecular weight excluding hydrogens is 326 g/mol. The minimum absolute atomic E-state index is 0.239. The molecular formula is C18H31NO6. The summed E-state index contributed by atoms with van der Waals surface area (Å²) in [7, 11) is 3.25. The summed E-state index contributed by atoms with van der Waals surface area (Å²) in [5, 5.41) is 3.34. The fourth-order valence-corrected chi connectivity index (χ4v) is 1.95. The van der Waals surface area contributed by atoms with Crippen molar-refractivity contribution in [3.8, 4) is 5.75 Å². The Hall–Kier alpha value is -1.38. The fourth-order valence-electron chi connectivity index (χ4n) is 1.95. The highest BCUT2D eigenvalue weighted by molar-refractivity contribution is 5.54. The van der Waals surface area contributed by atoms with Crippen molar-refractivity contribution in [3.63, 3.8) is 0 Å². The molecule has 0 saturated carbocycles. The summed E-state index contributed by atoms with van der Waals surface area (Å²) in [6.45, 7) is 7.09. The third kappa shape index (κ3) is 11.0. The Morgan fingerprint density at radius 3 is 2.08 bits per heavy atom. The molecule has 0 radical (unpaired) electrons. The molecule has 0 atom stereocenters. The molecule has 0 fully saturated rings. The summed E-state index contributed by atoms with van der Waals surface area (Å²) >= 11 is 0. The smallest absolute Gasteiger partial charge is 0.188 e. The number of ether oxygens (including phenoxy) is 6. The second kappa shape index (κ2) is 14.9. The fraction of sp³-hybridized carbons (Fsp3) is 0.667. The number of aryl methyl sites for hydroxylation is 1. The van der Waals surface area contributed by atoms with E-state index in [2.05, 4.69) is 5.32 Å². The molecule has 1 N–H and O–H groups in total. The van der Waals surface area contributed by atoms with Gasteiger partial charge in [-0.25, -0.2) is 0 Å². The monoisotopic (exact) mass is 357 g/mol. The van der Waals surface area contributed by atoms with Crippen molar-refractivity contribution in [2.24, 2.45) is 0 Å². The van der Waals surface area contributed by atoms with Gasteiger partial charge in [-0.3, -0.25) is 0 Å². The van der Waals surface area contributed by atoms with E-state index in [9.17, 15) is 0 Å². The van der Waals surface area contributed by atoms with E-state index in [-0.39, 0.29) is 6.79 Å². The minimum Gasteiger partial charge on any atom is -0.467 e. The number of anilines is 1. The second-order valence-corrected chi connectivity index (χ2v) is 5.28. The summed E-state index contributed by atoms with van der Waals surface area (Å²) in [4.78, 5) is 0. The van der Waals surface area contributed by atoms with Crippen LogP contribution in [0.25, 0.3) is 0 Å². The predicted molar refractivity (Wildman–Crippen MR) is 96.5 cm³/mol. The molecule has 0 bridgehead atoms. The lowest BCUT2D eigenvalue weighted by molar-refractivity contribution is 0.00495. The zero-order valence-corrected chi connectivity index (χ0v) is 15.5. The van der Waals surface area contributed by atoms with Gasteiger partial charge in [0.25, 0.3) is 0 Å². The van der Waals surface area contributed by atoms with Crippen LogP contribution in [0.15, 0.2) is 18.2 Å². The molecule has 0 spiro atoms. The molecule has 0 aliphatic carbocycles. The number of methoxy groups -OCH3 is 2. The van der Waals surface area contributed by atoms with Crippen molar-refractivity contribution in [2.45, 2.75) is 6.92 Å². The number of rotatable bonds is 16. The van der Waals surface area contributed by atoms with Crippen LogP contribution in [0.3, 0.4) is 0 Å². The van der Waals surface area contributed by atoms with Gasteiger partial charge in [-0.05, 0) is 18.6 Å². The Kier molecular flexibility index (Phi) is 12.9. The summed E-state index contributed by atoms with van der Waals surface area (Å²) in [6, 6.07) is 5.89. The third-order valence-corrected chi connectivity index (χ3v) is 3.29. The van der Waals surface area contributed by atoms with Gasteiger partial charge in [0.2, 0.25) is 0 Å². The molecule has 7 heteroatoms. The molecule has 0 aliphatic rings. The van der Waals surface area contributed by atoms with Crippen LogP contribution < -0.4 is 10.1 Å². The van der Waals surface area contributed by atoms with Crippen LogP contribution in [0.5, 0.6) is 5.75 Å². The predicted octanol–water partition coefficient (Wildman–Crippen LogP) is 2.09. The highest BCUT2D eigenvalue weighted by Gasteiger charge is 2.01. The minimum atomic E-state index is 0.239. The first kappa shape index (κ1) is 21.7. The van der Waals surface area contributed by atoms with E-state index in [0.29, 0.717) is 52.8 Å². The van der Waals surface area contributed by atoms with Gasteiger partial charge in [-0.2, -0.15) is 0 Å². The Bertz CT molecular complexity index is 444. The molecule has 0 aliphatic heterocycles. The van der Waals surface area contributed by atoms with Crippen molar-refractivity contribution in [1.29, 1.82) is 0 Å². The number of hydrogen-bond acceptors (Lipinski definition) is 7. The Balaban J connectivity index is 2.02. The number of benzene rings is 1. The molecule has 0 aromatic heterocycles. The van der Waals surface area contributed by atoms with Crippen molar-refractivity contribution >= 4 is 5.69 Å². The average molecular weight is 357 g/mol. The van der Waals surface area contributed by atoms with Crippen molar-refractivity contribution < 1.29 is 28.4 Å². The van der Waals surface area contributed by atoms with Crippen molar-refractivity contribution in [2.75, 3.05) is 79.1 Å². The maximum Gasteiger partial charge on any atom is 0.188 e. The summed E-state index contributed by atoms with van der Waals surface area (Å²) in [6.07, 6.45) is 0. The van der Waals surface area contributed by atoms with Crippen molar-refractivity contribution in [3.05, 3.63) is 23.8 Å². The molecule has 1 aromatic carbocycles. The number of nitrogens with one attached hydrogen (secondary N) is 1. The SMILES string of the molecule is COCCOCCOCCOCCNc1cc(OCOC)ccc1C. The Labute approximate surface area is 150 Å². The average Bonchev–Trinajstić information content (AvgIpc) is 2.63. The summed E-state index contributed by atoms with van der Waals surface area (Å²) in [5.41, 5.74) is 2.18. The first-order chi connectivity index (χ1) is 12.3. The van der Waals surface area contributed by atoms with E-state index >= 15 is 0 Å². The van der Waals surface area contributed by atoms with Crippen LogP contribution in [-0.2, 0) is 23.7 Å². The molecule has 7 nitrogen and oxygen atoms in total. The third-order valence-electron chi connectivity index (χ3n) is 3.29. The molecule has 0 unspecified atom stereocenters. The van der Waals surface area contributed by atoms with Gasteiger partial charge in [0.05, 0.1) is 46.2 Å². The molecule has 1 aromatic rings. The highest BCUT2D eigenvalue weighted by Crippen LogP contribution is 2.21. The standard InChI is InChI=1S/C18H31NO6/c1-16-4-5-17(25-15-21-3)14-18(16)19-6-7-22-10-11-24-13-12-23-9-8-20-2/h4-5,14,19H,6-13,15H2,1-3H3. The summed E-state index contributed by atoms with van der Waals surface area (Å²) in [5.74, 6) is 0.775. The van der Waals surface area contributed by atoms with Crippen molar-refractivity contribution in [1.82, 2.24) is 0 Å². The molecule has 1 rings (SSSR count). The largest absolute Gasteiger partial charge is 0.467 e. The topological polar surface area (TPSA) is 67.4 Å². The van der Waals surface area contributed by atoms with Gasteiger partial charge >= 0.3 is 0 Å². The van der Waals surface area contributed by atoms with E-state index in [1.165, 1.54) is 0 Å². The Morgan fingerprint density at radius 1 is 0.800 bits per heavy atom. The zero-order chi connectivity index (χ0) is 18.2. The lowest BCUT2D eigenvalue weighted by Crippen LogP contribution is -2.14. The number of hydrogen-bond donors (Lipinski definition) is 1. The highest BCUT2D eigenvalue weighted by atomic mass is 16.7. The lowest BCUT2D eigenvalue weighted by atomic mass is 10.2. The van der Waals surface area contributed by atoms with Gasteiger partial charge in [-0.15, -0.1) is 0 Å². The van der Waals surface area contributed by atoms with Crippen LogP contribution in [0.4, 0.5) is 5.69 Å². The second-order valence-electron chi connectivity index (χ2n) is 5.28. The quantitative estimate of drug-likeness (QED) is 0.359. The van der Waals surface area contributed by atoms with Gasteiger partial charge < -0.3 is 33.7 Å². The lowest BCUT2D eigenvalue weighted by Gasteiger charge is -2.12. The Morgan fingerprint density at radius 2 is 1.44 bits per heavy atom. The molecule has 144 valence electrons. The van der Waals surface area contributed by atoms with Crippen LogP contribution in [0.2, 0.25) is 0 Å². The molecule has 25 heavy (non-hydrogen) atoms. The van der Waals surface area contributed by atoms with Crippen LogP contribution >= 0.6 is 0 Å². The van der Waals surface area contributed by atoms with E-state index < -0.39 is 0 Å². The zero-order valence-electron chi connectivity index (χ0n) is 15.5. The van der Waals surface area contributed by atoms with E-state index in [4.69, 9.17) is 28.4 Å². The normalized spacial score (nSPS) is 10.8. The molecule has 0 saturated heterocycles. The van der Waals surface area contributed by atoms with E-state index in [0.717, 1.165) is 17.0 Å². The van der Waals surface area contributed by atoms with Crippen LogP contribution in [-0.4, -0.2) is 73.8 Å². The molecule has 0 heterocycles. The summed E-state index contributed by atoms with van der Waals surface area (Å²) < 4.78 is 31.5. The van der Waals surface area contributed by atoms with E-state index in [1.54, 1.807) is 14.2 Å². The van der Waals surface area contributed by atoms with Gasteiger partial charge in [-0.1, -0.05) is 6.07 Å². The van der Waals surface area contributed by atoms with Gasteiger partial charge in [0.15, 0.2) is 6.79 Å². The van der Waals surface area contributed by atoms with Gasteiger partial charge in [0.1, 0.15) is 5.75 Å². The van der Waals surface area contributed by atoms with Gasteiger partial charge in [0, 0.05) is 32.5 Å². The van der Waals surface area contributed by atoms with E-state index in [1.807, 2.05) is 25.1 Å². The first-order valence-electron chi connectivity index (χ1n) is 8.46. The molecule has 0 amide bonds. The maximum atomic E-state index is 5.54. The maximum absolute atomic E-state index is 5.54. The van der Waals surface area contributed by atoms with Crippen LogP contribution in [0, 0.1) is 6.92 Å².